The lowest BCUT2D eigenvalue weighted by atomic mass is 9.65. The topological polar surface area (TPSA) is 55.8 Å². The zero-order valence-corrected chi connectivity index (χ0v) is 17.9. The van der Waals surface area contributed by atoms with Crippen LogP contribution < -0.4 is 4.74 Å². The van der Waals surface area contributed by atoms with E-state index in [0.29, 0.717) is 11.3 Å². The van der Waals surface area contributed by atoms with Gasteiger partial charge >= 0.3 is 5.97 Å². The lowest BCUT2D eigenvalue weighted by Crippen LogP contribution is -2.39. The first-order valence-corrected chi connectivity index (χ1v) is 10.5. The Morgan fingerprint density at radius 2 is 1.63 bits per heavy atom. The molecule has 2 aromatic carbocycles. The Balaban J connectivity index is 1.32. The number of likely N-dealkylation sites (tertiary alicyclic amines) is 1. The van der Waals surface area contributed by atoms with Crippen molar-refractivity contribution in [3.8, 4) is 11.5 Å². The van der Waals surface area contributed by atoms with E-state index in [1.165, 1.54) is 0 Å². The molecule has 1 amide bonds. The van der Waals surface area contributed by atoms with E-state index in [0.717, 1.165) is 31.6 Å². The molecular formula is C25H29NO4. The van der Waals surface area contributed by atoms with Crippen molar-refractivity contribution in [3.05, 3.63) is 60.2 Å². The molecule has 1 aliphatic carbocycles. The van der Waals surface area contributed by atoms with E-state index < -0.39 is 5.97 Å². The molecule has 1 heterocycles. The molecule has 0 radical (unpaired) electrons. The van der Waals surface area contributed by atoms with Gasteiger partial charge in [0.2, 0.25) is 0 Å². The normalized spacial score (nSPS) is 24.4. The van der Waals surface area contributed by atoms with Crippen LogP contribution in [0.3, 0.4) is 0 Å². The Labute approximate surface area is 178 Å². The van der Waals surface area contributed by atoms with Gasteiger partial charge in [-0.15, -0.1) is 0 Å². The van der Waals surface area contributed by atoms with E-state index in [1.54, 1.807) is 24.3 Å². The van der Waals surface area contributed by atoms with Gasteiger partial charge < -0.3 is 14.4 Å². The maximum Gasteiger partial charge on any atom is 0.338 e. The standard InChI is InChI=1S/C25H29NO4/c1-24(2)13-19-14-25(3,16-24)17-26(19)22(27)15-29-23(28)18-9-11-21(12-10-18)30-20-7-5-4-6-8-20/h4-12,19H,13-17H2,1-3H3/t19-,25-/m0/s1. The van der Waals surface area contributed by atoms with Crippen molar-refractivity contribution in [2.45, 2.75) is 46.1 Å². The predicted octanol–water partition coefficient (Wildman–Crippen LogP) is 5.06. The van der Waals surface area contributed by atoms with Gasteiger partial charge in [-0.2, -0.15) is 0 Å². The molecule has 4 rings (SSSR count). The summed E-state index contributed by atoms with van der Waals surface area (Å²) in [6.45, 7) is 7.35. The van der Waals surface area contributed by atoms with Crippen molar-refractivity contribution >= 4 is 11.9 Å². The fourth-order valence-corrected chi connectivity index (χ4v) is 5.33. The highest BCUT2D eigenvalue weighted by Gasteiger charge is 2.50. The minimum Gasteiger partial charge on any atom is -0.457 e. The van der Waals surface area contributed by atoms with Gasteiger partial charge in [0.1, 0.15) is 11.5 Å². The Morgan fingerprint density at radius 3 is 2.33 bits per heavy atom. The maximum absolute atomic E-state index is 12.8. The average Bonchev–Trinajstić information content (AvgIpc) is 2.96. The Morgan fingerprint density at radius 1 is 0.967 bits per heavy atom. The first-order valence-electron chi connectivity index (χ1n) is 10.5. The molecule has 0 spiro atoms. The SMILES string of the molecule is CC1(C)C[C@H]2C[C@](C)(CN2C(=O)COC(=O)c2ccc(Oc3ccccc3)cc2)C1. The highest BCUT2D eigenvalue weighted by atomic mass is 16.5. The highest BCUT2D eigenvalue weighted by molar-refractivity contribution is 5.91. The number of nitrogens with zero attached hydrogens (tertiary/aromatic N) is 1. The predicted molar refractivity (Wildman–Crippen MR) is 114 cm³/mol. The van der Waals surface area contributed by atoms with Crippen molar-refractivity contribution in [1.82, 2.24) is 4.90 Å². The molecule has 5 heteroatoms. The van der Waals surface area contributed by atoms with E-state index in [9.17, 15) is 9.59 Å². The van der Waals surface area contributed by atoms with Gasteiger partial charge in [0.05, 0.1) is 5.56 Å². The molecule has 2 atom stereocenters. The zero-order valence-electron chi connectivity index (χ0n) is 17.9. The second-order valence-electron chi connectivity index (χ2n) is 9.75. The fourth-order valence-electron chi connectivity index (χ4n) is 5.33. The molecule has 0 unspecified atom stereocenters. The molecule has 1 aliphatic heterocycles. The molecule has 0 aromatic heterocycles. The molecule has 2 aromatic rings. The van der Waals surface area contributed by atoms with E-state index in [1.807, 2.05) is 35.2 Å². The Hall–Kier alpha value is -2.82. The lowest BCUT2D eigenvalue weighted by Gasteiger charge is -2.39. The van der Waals surface area contributed by atoms with Crippen LogP contribution in [0.25, 0.3) is 0 Å². The van der Waals surface area contributed by atoms with Crippen molar-refractivity contribution in [1.29, 1.82) is 0 Å². The van der Waals surface area contributed by atoms with Gasteiger partial charge in [-0.1, -0.05) is 39.0 Å². The highest BCUT2D eigenvalue weighted by Crippen LogP contribution is 2.52. The van der Waals surface area contributed by atoms with Crippen LogP contribution in [0.5, 0.6) is 11.5 Å². The number of amides is 1. The van der Waals surface area contributed by atoms with Crippen molar-refractivity contribution in [3.63, 3.8) is 0 Å². The van der Waals surface area contributed by atoms with E-state index >= 15 is 0 Å². The van der Waals surface area contributed by atoms with Crippen LogP contribution in [-0.4, -0.2) is 36.0 Å². The summed E-state index contributed by atoms with van der Waals surface area (Å²) in [4.78, 5) is 27.1. The van der Waals surface area contributed by atoms with Crippen molar-refractivity contribution in [2.75, 3.05) is 13.2 Å². The number of hydrogen-bond donors (Lipinski definition) is 0. The van der Waals surface area contributed by atoms with Crippen LogP contribution in [-0.2, 0) is 9.53 Å². The number of benzene rings is 2. The van der Waals surface area contributed by atoms with E-state index in [-0.39, 0.29) is 29.4 Å². The summed E-state index contributed by atoms with van der Waals surface area (Å²) < 4.78 is 11.1. The number of fused-ring (bicyclic) bond motifs is 2. The summed E-state index contributed by atoms with van der Waals surface area (Å²) >= 11 is 0. The van der Waals surface area contributed by atoms with Gasteiger partial charge in [0.15, 0.2) is 6.61 Å². The number of carbonyl (C=O) groups is 2. The molecule has 2 fully saturated rings. The number of para-hydroxylation sites is 1. The molecule has 158 valence electrons. The van der Waals surface area contributed by atoms with Crippen LogP contribution in [0.4, 0.5) is 0 Å². The van der Waals surface area contributed by atoms with Crippen LogP contribution in [0.1, 0.15) is 50.4 Å². The number of hydrogen-bond acceptors (Lipinski definition) is 4. The van der Waals surface area contributed by atoms with Crippen LogP contribution in [0, 0.1) is 10.8 Å². The molecule has 1 saturated heterocycles. The number of rotatable bonds is 5. The summed E-state index contributed by atoms with van der Waals surface area (Å²) in [7, 11) is 0. The quantitative estimate of drug-likeness (QED) is 0.650. The molecule has 2 aliphatic rings. The van der Waals surface area contributed by atoms with Gasteiger partial charge in [-0.05, 0) is 66.5 Å². The number of carbonyl (C=O) groups excluding carboxylic acids is 2. The summed E-state index contributed by atoms with van der Waals surface area (Å²) in [5.41, 5.74) is 0.810. The van der Waals surface area contributed by atoms with Crippen molar-refractivity contribution < 1.29 is 19.1 Å². The largest absolute Gasteiger partial charge is 0.457 e. The van der Waals surface area contributed by atoms with Crippen molar-refractivity contribution in [2.24, 2.45) is 10.8 Å². The summed E-state index contributed by atoms with van der Waals surface area (Å²) in [6, 6.07) is 16.4. The second kappa shape index (κ2) is 7.78. The lowest BCUT2D eigenvalue weighted by molar-refractivity contribution is -0.135. The third-order valence-electron chi connectivity index (χ3n) is 6.13. The minimum absolute atomic E-state index is 0.0983. The number of esters is 1. The second-order valence-corrected chi connectivity index (χ2v) is 9.75. The Bertz CT molecular complexity index is 922. The van der Waals surface area contributed by atoms with Gasteiger partial charge in [0.25, 0.3) is 5.91 Å². The third kappa shape index (κ3) is 4.50. The average molecular weight is 408 g/mol. The zero-order chi connectivity index (χ0) is 21.4. The molecular weight excluding hydrogens is 378 g/mol. The maximum atomic E-state index is 12.8. The van der Waals surface area contributed by atoms with Crippen LogP contribution in [0.2, 0.25) is 0 Å². The molecule has 5 nitrogen and oxygen atoms in total. The Kier molecular flexibility index (Phi) is 5.31. The van der Waals surface area contributed by atoms with Gasteiger partial charge in [0, 0.05) is 12.6 Å². The smallest absolute Gasteiger partial charge is 0.338 e. The fraction of sp³-hybridized carbons (Fsp3) is 0.440. The molecule has 30 heavy (non-hydrogen) atoms. The van der Waals surface area contributed by atoms with E-state index in [2.05, 4.69) is 20.8 Å². The van der Waals surface area contributed by atoms with Crippen LogP contribution in [0.15, 0.2) is 54.6 Å². The number of ether oxygens (including phenoxy) is 2. The molecule has 2 bridgehead atoms. The molecule has 1 saturated carbocycles. The first kappa shape index (κ1) is 20.5. The van der Waals surface area contributed by atoms with Crippen LogP contribution >= 0.6 is 0 Å². The summed E-state index contributed by atoms with van der Waals surface area (Å²) in [5.74, 6) is 0.766. The molecule has 0 N–H and O–H groups in total. The third-order valence-corrected chi connectivity index (χ3v) is 6.13. The minimum atomic E-state index is -0.497. The first-order chi connectivity index (χ1) is 14.2. The van der Waals surface area contributed by atoms with Gasteiger partial charge in [-0.3, -0.25) is 4.79 Å². The summed E-state index contributed by atoms with van der Waals surface area (Å²) in [5, 5.41) is 0. The van der Waals surface area contributed by atoms with E-state index in [4.69, 9.17) is 9.47 Å². The summed E-state index contributed by atoms with van der Waals surface area (Å²) in [6.07, 6.45) is 3.17. The monoisotopic (exact) mass is 407 g/mol. The van der Waals surface area contributed by atoms with Gasteiger partial charge in [-0.25, -0.2) is 4.79 Å².